The van der Waals surface area contributed by atoms with Crippen LogP contribution in [0.25, 0.3) is 0 Å². The number of carbonyl (C=O) groups excluding carboxylic acids is 4. The molecule has 11 heteroatoms. The molecule has 0 radical (unpaired) electrons. The van der Waals surface area contributed by atoms with Gasteiger partial charge < -0.3 is 9.64 Å². The number of ether oxygens (including phenoxy) is 1. The van der Waals surface area contributed by atoms with Gasteiger partial charge in [0.05, 0.1) is 16.6 Å². The van der Waals surface area contributed by atoms with Gasteiger partial charge in [-0.25, -0.2) is 0 Å². The summed E-state index contributed by atoms with van der Waals surface area (Å²) >= 11 is 15.3. The first-order valence-electron chi connectivity index (χ1n) is 9.01. The largest absolute Gasteiger partial charge is 0.455 e. The lowest BCUT2D eigenvalue weighted by molar-refractivity contribution is -0.152. The van der Waals surface area contributed by atoms with Gasteiger partial charge in [0.25, 0.3) is 11.8 Å². The smallest absolute Gasteiger partial charge is 0.311 e. The van der Waals surface area contributed by atoms with Crippen LogP contribution in [0.1, 0.15) is 16.8 Å². The van der Waals surface area contributed by atoms with Crippen LogP contribution in [-0.4, -0.2) is 36.8 Å². The van der Waals surface area contributed by atoms with E-state index in [0.29, 0.717) is 21.3 Å². The minimum absolute atomic E-state index is 0.0552. The van der Waals surface area contributed by atoms with Crippen LogP contribution in [0, 0.1) is 5.92 Å². The van der Waals surface area contributed by atoms with Crippen LogP contribution in [0.3, 0.4) is 0 Å². The van der Waals surface area contributed by atoms with Crippen LogP contribution in [0.2, 0.25) is 10.0 Å². The highest BCUT2D eigenvalue weighted by atomic mass is 79.9. The average Bonchev–Trinajstić information content (AvgIpc) is 3.14. The van der Waals surface area contributed by atoms with Crippen molar-refractivity contribution in [1.82, 2.24) is 10.9 Å². The Morgan fingerprint density at radius 1 is 1.10 bits per heavy atom. The van der Waals surface area contributed by atoms with Crippen LogP contribution in [0.4, 0.5) is 5.69 Å². The van der Waals surface area contributed by atoms with Crippen molar-refractivity contribution in [2.24, 2.45) is 5.92 Å². The zero-order valence-electron chi connectivity index (χ0n) is 15.9. The van der Waals surface area contributed by atoms with Gasteiger partial charge in [-0.2, -0.15) is 0 Å². The summed E-state index contributed by atoms with van der Waals surface area (Å²) in [6, 6.07) is 11.2. The summed E-state index contributed by atoms with van der Waals surface area (Å²) in [5, 5.41) is 0.729. The predicted octanol–water partition coefficient (Wildman–Crippen LogP) is 3.11. The van der Waals surface area contributed by atoms with E-state index in [1.54, 1.807) is 36.4 Å². The first-order chi connectivity index (χ1) is 14.7. The van der Waals surface area contributed by atoms with E-state index in [0.717, 1.165) is 4.47 Å². The Labute approximate surface area is 195 Å². The van der Waals surface area contributed by atoms with E-state index in [-0.39, 0.29) is 18.9 Å². The summed E-state index contributed by atoms with van der Waals surface area (Å²) in [6.07, 6.45) is -0.0798. The Hall–Kier alpha value is -2.62. The molecule has 1 fully saturated rings. The number of carbonyl (C=O) groups is 4. The Balaban J connectivity index is 1.47. The number of anilines is 1. The molecule has 1 heterocycles. The lowest BCUT2D eigenvalue weighted by Crippen LogP contribution is -2.43. The van der Waals surface area contributed by atoms with Gasteiger partial charge in [-0.15, -0.1) is 0 Å². The number of halogens is 3. The molecule has 0 aliphatic carbocycles. The van der Waals surface area contributed by atoms with Gasteiger partial charge in [0, 0.05) is 28.0 Å². The van der Waals surface area contributed by atoms with Crippen LogP contribution in [0.5, 0.6) is 0 Å². The van der Waals surface area contributed by atoms with E-state index >= 15 is 0 Å². The van der Waals surface area contributed by atoms with Crippen LogP contribution >= 0.6 is 39.1 Å². The second kappa shape index (κ2) is 10.1. The van der Waals surface area contributed by atoms with Gasteiger partial charge in [-0.05, 0) is 42.5 Å². The fourth-order valence-electron chi connectivity index (χ4n) is 2.88. The molecule has 0 bridgehead atoms. The van der Waals surface area contributed by atoms with Crippen molar-refractivity contribution in [3.8, 4) is 0 Å². The topological polar surface area (TPSA) is 105 Å². The fraction of sp³-hybridized carbons (Fsp3) is 0.200. The Morgan fingerprint density at radius 2 is 1.81 bits per heavy atom. The van der Waals surface area contributed by atoms with Gasteiger partial charge in [0.15, 0.2) is 6.61 Å². The molecule has 0 unspecified atom stereocenters. The summed E-state index contributed by atoms with van der Waals surface area (Å²) in [7, 11) is 0. The first kappa shape index (κ1) is 23.1. The Kier molecular flexibility index (Phi) is 7.53. The quantitative estimate of drug-likeness (QED) is 0.458. The fourth-order valence-corrected chi connectivity index (χ4v) is 3.53. The highest BCUT2D eigenvalue weighted by Crippen LogP contribution is 2.33. The third kappa shape index (κ3) is 5.96. The van der Waals surface area contributed by atoms with Crippen molar-refractivity contribution in [2.75, 3.05) is 18.1 Å². The van der Waals surface area contributed by atoms with E-state index in [9.17, 15) is 19.2 Å². The van der Waals surface area contributed by atoms with Gasteiger partial charge in [-0.3, -0.25) is 30.0 Å². The normalized spacial score (nSPS) is 15.5. The first-order valence-corrected chi connectivity index (χ1v) is 10.6. The Morgan fingerprint density at radius 3 is 2.52 bits per heavy atom. The molecule has 1 aliphatic heterocycles. The molecule has 1 saturated heterocycles. The van der Waals surface area contributed by atoms with Gasteiger partial charge >= 0.3 is 5.97 Å². The van der Waals surface area contributed by atoms with E-state index in [1.165, 1.54) is 11.0 Å². The average molecular weight is 529 g/mol. The molecule has 0 saturated carbocycles. The molecule has 1 aliphatic rings. The lowest BCUT2D eigenvalue weighted by atomic mass is 10.1. The van der Waals surface area contributed by atoms with Crippen molar-refractivity contribution in [2.45, 2.75) is 6.42 Å². The number of nitrogens with one attached hydrogen (secondary N) is 2. The maximum Gasteiger partial charge on any atom is 0.311 e. The Bertz CT molecular complexity index is 1030. The van der Waals surface area contributed by atoms with E-state index < -0.39 is 30.3 Å². The number of esters is 1. The summed E-state index contributed by atoms with van der Waals surface area (Å²) in [6.45, 7) is -0.554. The highest BCUT2D eigenvalue weighted by molar-refractivity contribution is 9.10. The van der Waals surface area contributed by atoms with E-state index in [4.69, 9.17) is 27.9 Å². The third-order valence-corrected chi connectivity index (χ3v) is 5.51. The maximum absolute atomic E-state index is 12.3. The van der Waals surface area contributed by atoms with Crippen LogP contribution in [0.15, 0.2) is 46.9 Å². The number of nitrogens with zero attached hydrogens (tertiary/aromatic N) is 1. The molecular weight excluding hydrogens is 513 g/mol. The van der Waals surface area contributed by atoms with Crippen LogP contribution < -0.4 is 15.8 Å². The SMILES string of the molecule is O=C(COC(=O)[C@@H]1CC(=O)N(c2cc(Cl)ccc2Cl)C1)NNC(=O)c1ccc(Br)cc1. The highest BCUT2D eigenvalue weighted by Gasteiger charge is 2.37. The number of benzene rings is 2. The number of rotatable bonds is 5. The van der Waals surface area contributed by atoms with E-state index in [2.05, 4.69) is 26.8 Å². The molecule has 2 N–H and O–H groups in total. The van der Waals surface area contributed by atoms with Gasteiger partial charge in [0.2, 0.25) is 5.91 Å². The molecule has 31 heavy (non-hydrogen) atoms. The molecule has 2 aromatic rings. The van der Waals surface area contributed by atoms with Crippen molar-refractivity contribution in [3.63, 3.8) is 0 Å². The summed E-state index contributed by atoms with van der Waals surface area (Å²) in [5.74, 6) is -3.02. The summed E-state index contributed by atoms with van der Waals surface area (Å²) in [4.78, 5) is 49.8. The molecule has 0 spiro atoms. The second-order valence-corrected chi connectivity index (χ2v) is 8.38. The zero-order chi connectivity index (χ0) is 22.5. The minimum Gasteiger partial charge on any atom is -0.455 e. The molecule has 0 aromatic heterocycles. The standard InChI is InChI=1S/C20H16BrCl2N3O5/c21-13-3-1-11(2-4-13)19(29)25-24-17(27)10-31-20(30)12-7-18(28)26(9-12)16-8-14(22)5-6-15(16)23/h1-6,8,12H,7,9-10H2,(H,24,27)(H,25,29)/t12-/m1/s1. The van der Waals surface area contributed by atoms with Crippen molar-refractivity contribution >= 4 is 68.5 Å². The monoisotopic (exact) mass is 527 g/mol. The number of hydrogen-bond donors (Lipinski definition) is 2. The van der Waals surface area contributed by atoms with Crippen molar-refractivity contribution < 1.29 is 23.9 Å². The van der Waals surface area contributed by atoms with Crippen molar-refractivity contribution in [1.29, 1.82) is 0 Å². The van der Waals surface area contributed by atoms with Gasteiger partial charge in [-0.1, -0.05) is 39.1 Å². The number of amides is 3. The molecule has 2 aromatic carbocycles. The molecular formula is C20H16BrCl2N3O5. The second-order valence-electron chi connectivity index (χ2n) is 6.62. The van der Waals surface area contributed by atoms with E-state index in [1.807, 2.05) is 0 Å². The molecule has 162 valence electrons. The third-order valence-electron chi connectivity index (χ3n) is 4.42. The minimum atomic E-state index is -0.757. The molecule has 8 nitrogen and oxygen atoms in total. The summed E-state index contributed by atoms with van der Waals surface area (Å²) in [5.41, 5.74) is 5.13. The predicted molar refractivity (Wildman–Crippen MR) is 118 cm³/mol. The van der Waals surface area contributed by atoms with Crippen LogP contribution in [-0.2, 0) is 19.1 Å². The van der Waals surface area contributed by atoms with Crippen molar-refractivity contribution in [3.05, 3.63) is 62.5 Å². The molecule has 3 amide bonds. The lowest BCUT2D eigenvalue weighted by Gasteiger charge is -2.18. The van der Waals surface area contributed by atoms with Gasteiger partial charge in [0.1, 0.15) is 0 Å². The molecule has 3 rings (SSSR count). The number of hydrazine groups is 1. The number of hydrogen-bond acceptors (Lipinski definition) is 5. The summed E-state index contributed by atoms with van der Waals surface area (Å²) < 4.78 is 5.79. The zero-order valence-corrected chi connectivity index (χ0v) is 19.0. The maximum atomic E-state index is 12.3. The molecule has 1 atom stereocenters.